The van der Waals surface area contributed by atoms with Crippen LogP contribution in [-0.2, 0) is 0 Å². The van der Waals surface area contributed by atoms with Crippen LogP contribution in [0.15, 0.2) is 10.2 Å². The first-order valence-corrected chi connectivity index (χ1v) is 4.47. The highest BCUT2D eigenvalue weighted by molar-refractivity contribution is 5.84. The molecule has 1 aliphatic carbocycles. The summed E-state index contributed by atoms with van der Waals surface area (Å²) >= 11 is 0. The molecule has 0 saturated heterocycles. The molecule has 0 amide bonds. The van der Waals surface area contributed by atoms with Crippen molar-refractivity contribution in [2.75, 3.05) is 0 Å². The fourth-order valence-corrected chi connectivity index (χ4v) is 1.38. The Morgan fingerprint density at radius 3 is 2.27 bits per heavy atom. The van der Waals surface area contributed by atoms with E-state index in [-0.39, 0.29) is 0 Å². The SMILES string of the molecule is C/C=N/N=C1CCCCCC1. The van der Waals surface area contributed by atoms with Gasteiger partial charge >= 0.3 is 0 Å². The summed E-state index contributed by atoms with van der Waals surface area (Å²) in [6, 6.07) is 0. The van der Waals surface area contributed by atoms with Gasteiger partial charge < -0.3 is 0 Å². The molecule has 62 valence electrons. The Balaban J connectivity index is 2.41. The van der Waals surface area contributed by atoms with Crippen LogP contribution in [0.5, 0.6) is 0 Å². The van der Waals surface area contributed by atoms with Crippen molar-refractivity contribution in [2.45, 2.75) is 45.4 Å². The van der Waals surface area contributed by atoms with E-state index in [9.17, 15) is 0 Å². The lowest BCUT2D eigenvalue weighted by Crippen LogP contribution is -1.93. The van der Waals surface area contributed by atoms with Crippen LogP contribution in [0.2, 0.25) is 0 Å². The van der Waals surface area contributed by atoms with Crippen LogP contribution in [0.3, 0.4) is 0 Å². The minimum atomic E-state index is 1.16. The van der Waals surface area contributed by atoms with Gasteiger partial charge in [0.25, 0.3) is 0 Å². The second-order valence-corrected chi connectivity index (χ2v) is 2.95. The Hall–Kier alpha value is -0.660. The summed E-state index contributed by atoms with van der Waals surface area (Å²) in [5.41, 5.74) is 1.29. The highest BCUT2D eigenvalue weighted by atomic mass is 15.2. The number of nitrogens with zero attached hydrogens (tertiary/aromatic N) is 2. The molecule has 0 atom stereocenters. The molecule has 2 heteroatoms. The first kappa shape index (κ1) is 8.44. The van der Waals surface area contributed by atoms with Gasteiger partial charge in [0, 0.05) is 11.9 Å². The predicted molar refractivity (Wildman–Crippen MR) is 49.3 cm³/mol. The zero-order valence-electron chi connectivity index (χ0n) is 7.21. The molecule has 0 heterocycles. The fraction of sp³-hybridized carbons (Fsp3) is 0.778. The molecule has 0 aromatic heterocycles. The third kappa shape index (κ3) is 3.30. The summed E-state index contributed by atoms with van der Waals surface area (Å²) in [5.74, 6) is 0. The quantitative estimate of drug-likeness (QED) is 0.313. The molecular formula is C9H16N2. The maximum atomic E-state index is 4.15. The Morgan fingerprint density at radius 2 is 1.73 bits per heavy atom. The second-order valence-electron chi connectivity index (χ2n) is 2.95. The molecule has 1 aliphatic rings. The van der Waals surface area contributed by atoms with Gasteiger partial charge in [-0.15, -0.1) is 0 Å². The van der Waals surface area contributed by atoms with Gasteiger partial charge in [0.15, 0.2) is 0 Å². The van der Waals surface area contributed by atoms with Crippen LogP contribution in [0.25, 0.3) is 0 Å². The van der Waals surface area contributed by atoms with Gasteiger partial charge in [-0.25, -0.2) is 0 Å². The first-order valence-electron chi connectivity index (χ1n) is 4.47. The van der Waals surface area contributed by atoms with Crippen molar-refractivity contribution in [3.63, 3.8) is 0 Å². The summed E-state index contributed by atoms with van der Waals surface area (Å²) < 4.78 is 0. The van der Waals surface area contributed by atoms with Crippen molar-refractivity contribution < 1.29 is 0 Å². The summed E-state index contributed by atoms with van der Waals surface area (Å²) in [6.45, 7) is 1.90. The van der Waals surface area contributed by atoms with E-state index in [2.05, 4.69) is 10.2 Å². The maximum Gasteiger partial charge on any atom is 0.0405 e. The normalized spacial score (nSPS) is 20.3. The summed E-state index contributed by atoms with van der Waals surface area (Å²) in [6.07, 6.45) is 9.42. The van der Waals surface area contributed by atoms with E-state index in [1.165, 1.54) is 31.4 Å². The minimum Gasteiger partial charge on any atom is -0.164 e. The van der Waals surface area contributed by atoms with Crippen LogP contribution in [0.1, 0.15) is 45.4 Å². The van der Waals surface area contributed by atoms with Crippen LogP contribution in [0, 0.1) is 0 Å². The first-order chi connectivity index (χ1) is 5.43. The zero-order chi connectivity index (χ0) is 7.94. The lowest BCUT2D eigenvalue weighted by molar-refractivity contribution is 0.702. The lowest BCUT2D eigenvalue weighted by atomic mass is 10.2. The summed E-state index contributed by atoms with van der Waals surface area (Å²) in [5, 5.41) is 8.05. The monoisotopic (exact) mass is 152 g/mol. The molecular weight excluding hydrogens is 136 g/mol. The van der Waals surface area contributed by atoms with E-state index < -0.39 is 0 Å². The van der Waals surface area contributed by atoms with E-state index in [1.54, 1.807) is 6.21 Å². The Morgan fingerprint density at radius 1 is 1.09 bits per heavy atom. The van der Waals surface area contributed by atoms with Crippen molar-refractivity contribution >= 4 is 11.9 Å². The van der Waals surface area contributed by atoms with Gasteiger partial charge in [0.1, 0.15) is 0 Å². The van der Waals surface area contributed by atoms with Crippen molar-refractivity contribution in [1.29, 1.82) is 0 Å². The molecule has 1 rings (SSSR count). The van der Waals surface area contributed by atoms with Crippen molar-refractivity contribution in [3.8, 4) is 0 Å². The zero-order valence-corrected chi connectivity index (χ0v) is 7.21. The molecule has 1 fully saturated rings. The molecule has 0 spiro atoms. The number of hydrogen-bond acceptors (Lipinski definition) is 2. The average Bonchev–Trinajstić information content (AvgIpc) is 2.28. The topological polar surface area (TPSA) is 24.7 Å². The van der Waals surface area contributed by atoms with E-state index in [4.69, 9.17) is 0 Å². The Bertz CT molecular complexity index is 149. The molecule has 0 unspecified atom stereocenters. The summed E-state index contributed by atoms with van der Waals surface area (Å²) in [4.78, 5) is 0. The van der Waals surface area contributed by atoms with Gasteiger partial charge in [-0.05, 0) is 32.6 Å². The van der Waals surface area contributed by atoms with Gasteiger partial charge in [0.2, 0.25) is 0 Å². The molecule has 11 heavy (non-hydrogen) atoms. The maximum absolute atomic E-state index is 4.15. The van der Waals surface area contributed by atoms with Crippen LogP contribution in [-0.4, -0.2) is 11.9 Å². The van der Waals surface area contributed by atoms with E-state index in [0.29, 0.717) is 0 Å². The molecule has 0 aromatic rings. The molecule has 2 nitrogen and oxygen atoms in total. The van der Waals surface area contributed by atoms with Crippen molar-refractivity contribution in [3.05, 3.63) is 0 Å². The average molecular weight is 152 g/mol. The van der Waals surface area contributed by atoms with Gasteiger partial charge in [0.05, 0.1) is 0 Å². The lowest BCUT2D eigenvalue weighted by Gasteiger charge is -1.95. The van der Waals surface area contributed by atoms with E-state index in [1.807, 2.05) is 6.92 Å². The predicted octanol–water partition coefficient (Wildman–Crippen LogP) is 2.79. The second kappa shape index (κ2) is 5.05. The smallest absolute Gasteiger partial charge is 0.0405 e. The molecule has 0 bridgehead atoms. The molecule has 1 saturated carbocycles. The Labute approximate surface area is 68.4 Å². The third-order valence-electron chi connectivity index (χ3n) is 2.00. The van der Waals surface area contributed by atoms with Gasteiger partial charge in [-0.1, -0.05) is 12.8 Å². The highest BCUT2D eigenvalue weighted by Gasteiger charge is 2.04. The molecule has 0 N–H and O–H groups in total. The minimum absolute atomic E-state index is 1.16. The highest BCUT2D eigenvalue weighted by Crippen LogP contribution is 2.14. The molecule has 0 radical (unpaired) electrons. The van der Waals surface area contributed by atoms with Crippen molar-refractivity contribution in [2.24, 2.45) is 10.2 Å². The Kier molecular flexibility index (Phi) is 3.87. The fourth-order valence-electron chi connectivity index (χ4n) is 1.38. The number of rotatable bonds is 1. The van der Waals surface area contributed by atoms with Crippen LogP contribution < -0.4 is 0 Å². The standard InChI is InChI=1S/C9H16N2/c1-2-10-11-9-7-5-3-4-6-8-9/h2H,3-8H2,1H3/b10-2+. The van der Waals surface area contributed by atoms with Crippen LogP contribution >= 0.6 is 0 Å². The molecule has 0 aliphatic heterocycles. The van der Waals surface area contributed by atoms with Crippen LogP contribution in [0.4, 0.5) is 0 Å². The third-order valence-corrected chi connectivity index (χ3v) is 2.00. The van der Waals surface area contributed by atoms with Crippen molar-refractivity contribution in [1.82, 2.24) is 0 Å². The molecule has 0 aromatic carbocycles. The van der Waals surface area contributed by atoms with E-state index >= 15 is 0 Å². The number of hydrogen-bond donors (Lipinski definition) is 0. The summed E-state index contributed by atoms with van der Waals surface area (Å²) in [7, 11) is 0. The largest absolute Gasteiger partial charge is 0.164 e. The van der Waals surface area contributed by atoms with E-state index in [0.717, 1.165) is 12.8 Å². The van der Waals surface area contributed by atoms with Gasteiger partial charge in [-0.2, -0.15) is 10.2 Å². The van der Waals surface area contributed by atoms with Gasteiger partial charge in [-0.3, -0.25) is 0 Å².